The lowest BCUT2D eigenvalue weighted by Gasteiger charge is -2.30. The fraction of sp³-hybridized carbons (Fsp3) is 0.438. The summed E-state index contributed by atoms with van der Waals surface area (Å²) in [5.74, 6) is 2.23. The predicted octanol–water partition coefficient (Wildman–Crippen LogP) is 3.92. The van der Waals surface area contributed by atoms with Gasteiger partial charge < -0.3 is 10.2 Å². The Bertz CT molecular complexity index is 653. The maximum atomic E-state index is 4.59. The zero-order chi connectivity index (χ0) is 15.5. The molecule has 22 heavy (non-hydrogen) atoms. The summed E-state index contributed by atoms with van der Waals surface area (Å²) in [6.07, 6.45) is 4.15. The van der Waals surface area contributed by atoms with Crippen molar-refractivity contribution in [3.05, 3.63) is 34.4 Å². The van der Waals surface area contributed by atoms with E-state index >= 15 is 0 Å². The number of halogens is 1. The standard InChI is InChI=1S/C16H20BrN5/c1-11-5-7-22(8-6-11)15-10-18-21-16(20-15)19-13-4-3-12(2)14(17)9-13/h3-4,9-11H,5-8H2,1-2H3,(H,19,20,21). The minimum Gasteiger partial charge on any atom is -0.355 e. The Morgan fingerprint density at radius 1 is 1.27 bits per heavy atom. The second-order valence-corrected chi connectivity index (χ2v) is 6.75. The lowest BCUT2D eigenvalue weighted by molar-refractivity contribution is 0.436. The molecule has 1 aromatic heterocycles. The molecule has 5 nitrogen and oxygen atoms in total. The highest BCUT2D eigenvalue weighted by Gasteiger charge is 2.17. The number of piperidine rings is 1. The minimum absolute atomic E-state index is 0.534. The monoisotopic (exact) mass is 361 g/mol. The van der Waals surface area contributed by atoms with Crippen molar-refractivity contribution in [2.75, 3.05) is 23.3 Å². The summed E-state index contributed by atoms with van der Waals surface area (Å²) >= 11 is 3.54. The van der Waals surface area contributed by atoms with Gasteiger partial charge in [-0.15, -0.1) is 5.10 Å². The fourth-order valence-corrected chi connectivity index (χ4v) is 2.92. The van der Waals surface area contributed by atoms with E-state index in [9.17, 15) is 0 Å². The molecule has 1 saturated heterocycles. The third kappa shape index (κ3) is 3.55. The van der Waals surface area contributed by atoms with E-state index in [1.807, 2.05) is 12.1 Å². The first-order valence-corrected chi connectivity index (χ1v) is 8.39. The van der Waals surface area contributed by atoms with Crippen LogP contribution >= 0.6 is 15.9 Å². The number of anilines is 3. The number of benzene rings is 1. The fourth-order valence-electron chi connectivity index (χ4n) is 2.54. The highest BCUT2D eigenvalue weighted by molar-refractivity contribution is 9.10. The van der Waals surface area contributed by atoms with E-state index in [0.717, 1.165) is 35.0 Å². The largest absolute Gasteiger partial charge is 0.355 e. The van der Waals surface area contributed by atoms with Gasteiger partial charge in [0.15, 0.2) is 5.82 Å². The van der Waals surface area contributed by atoms with Gasteiger partial charge in [-0.2, -0.15) is 10.1 Å². The molecule has 0 aliphatic carbocycles. The van der Waals surface area contributed by atoms with E-state index in [0.29, 0.717) is 5.95 Å². The van der Waals surface area contributed by atoms with Gasteiger partial charge in [-0.1, -0.05) is 28.9 Å². The van der Waals surface area contributed by atoms with Crippen LogP contribution in [-0.2, 0) is 0 Å². The van der Waals surface area contributed by atoms with Crippen molar-refractivity contribution in [3.63, 3.8) is 0 Å². The molecule has 116 valence electrons. The van der Waals surface area contributed by atoms with Gasteiger partial charge in [0.1, 0.15) is 0 Å². The molecular formula is C16H20BrN5. The molecule has 0 saturated carbocycles. The van der Waals surface area contributed by atoms with Crippen LogP contribution in [0.3, 0.4) is 0 Å². The van der Waals surface area contributed by atoms with Crippen LogP contribution in [0, 0.1) is 12.8 Å². The van der Waals surface area contributed by atoms with Crippen molar-refractivity contribution in [2.45, 2.75) is 26.7 Å². The Morgan fingerprint density at radius 2 is 2.05 bits per heavy atom. The van der Waals surface area contributed by atoms with Gasteiger partial charge in [0.25, 0.3) is 0 Å². The molecule has 1 N–H and O–H groups in total. The van der Waals surface area contributed by atoms with Crippen molar-refractivity contribution < 1.29 is 0 Å². The number of nitrogens with zero attached hydrogens (tertiary/aromatic N) is 4. The number of hydrogen-bond acceptors (Lipinski definition) is 5. The Balaban J connectivity index is 1.74. The normalized spacial score (nSPS) is 15.9. The molecule has 2 heterocycles. The first kappa shape index (κ1) is 15.2. The summed E-state index contributed by atoms with van der Waals surface area (Å²) in [6, 6.07) is 6.09. The Labute approximate surface area is 139 Å². The average Bonchev–Trinajstić information content (AvgIpc) is 2.52. The summed E-state index contributed by atoms with van der Waals surface area (Å²) in [5.41, 5.74) is 2.14. The van der Waals surface area contributed by atoms with Crippen molar-refractivity contribution >= 4 is 33.4 Å². The first-order valence-electron chi connectivity index (χ1n) is 7.59. The molecule has 1 aliphatic heterocycles. The van der Waals surface area contributed by atoms with Gasteiger partial charge in [0.2, 0.25) is 5.95 Å². The maximum absolute atomic E-state index is 4.59. The van der Waals surface area contributed by atoms with E-state index in [1.165, 1.54) is 18.4 Å². The molecule has 1 aromatic carbocycles. The first-order chi connectivity index (χ1) is 10.6. The van der Waals surface area contributed by atoms with E-state index in [1.54, 1.807) is 6.20 Å². The molecule has 0 bridgehead atoms. The van der Waals surface area contributed by atoms with Crippen LogP contribution in [0.25, 0.3) is 0 Å². The number of nitrogens with one attached hydrogen (secondary N) is 1. The molecule has 0 amide bonds. The van der Waals surface area contributed by atoms with Gasteiger partial charge in [0, 0.05) is 23.2 Å². The van der Waals surface area contributed by atoms with Crippen molar-refractivity contribution in [2.24, 2.45) is 5.92 Å². The van der Waals surface area contributed by atoms with Gasteiger partial charge in [-0.3, -0.25) is 0 Å². The average molecular weight is 362 g/mol. The smallest absolute Gasteiger partial charge is 0.249 e. The maximum Gasteiger partial charge on any atom is 0.249 e. The quantitative estimate of drug-likeness (QED) is 0.897. The number of aromatic nitrogens is 3. The zero-order valence-electron chi connectivity index (χ0n) is 12.9. The summed E-state index contributed by atoms with van der Waals surface area (Å²) in [6.45, 7) is 6.44. The van der Waals surface area contributed by atoms with Crippen LogP contribution in [0.4, 0.5) is 17.5 Å². The summed E-state index contributed by atoms with van der Waals surface area (Å²) in [5, 5.41) is 11.4. The van der Waals surface area contributed by atoms with E-state index in [4.69, 9.17) is 0 Å². The number of rotatable bonds is 3. The van der Waals surface area contributed by atoms with Crippen molar-refractivity contribution in [1.29, 1.82) is 0 Å². The second kappa shape index (κ2) is 6.60. The van der Waals surface area contributed by atoms with Gasteiger partial charge >= 0.3 is 0 Å². The molecule has 3 rings (SSSR count). The van der Waals surface area contributed by atoms with Crippen LogP contribution in [0.2, 0.25) is 0 Å². The molecule has 0 atom stereocenters. The SMILES string of the molecule is Cc1ccc(Nc2nncc(N3CCC(C)CC3)n2)cc1Br. The van der Waals surface area contributed by atoms with Crippen LogP contribution in [0.5, 0.6) is 0 Å². The highest BCUT2D eigenvalue weighted by Crippen LogP contribution is 2.24. The van der Waals surface area contributed by atoms with Crippen molar-refractivity contribution in [1.82, 2.24) is 15.2 Å². The topological polar surface area (TPSA) is 53.9 Å². The third-order valence-corrected chi connectivity index (χ3v) is 4.94. The highest BCUT2D eigenvalue weighted by atomic mass is 79.9. The molecule has 0 radical (unpaired) electrons. The molecule has 6 heteroatoms. The lowest BCUT2D eigenvalue weighted by atomic mass is 9.99. The van der Waals surface area contributed by atoms with Gasteiger partial charge in [-0.05, 0) is 43.4 Å². The van der Waals surface area contributed by atoms with Gasteiger partial charge in [-0.25, -0.2) is 0 Å². The van der Waals surface area contributed by atoms with Crippen molar-refractivity contribution in [3.8, 4) is 0 Å². The zero-order valence-corrected chi connectivity index (χ0v) is 14.5. The summed E-state index contributed by atoms with van der Waals surface area (Å²) < 4.78 is 1.06. The van der Waals surface area contributed by atoms with E-state index in [2.05, 4.69) is 61.2 Å². The summed E-state index contributed by atoms with van der Waals surface area (Å²) in [4.78, 5) is 6.88. The van der Waals surface area contributed by atoms with Gasteiger partial charge in [0.05, 0.1) is 6.20 Å². The third-order valence-electron chi connectivity index (χ3n) is 4.08. The molecule has 1 fully saturated rings. The number of hydrogen-bond donors (Lipinski definition) is 1. The molecular weight excluding hydrogens is 342 g/mol. The van der Waals surface area contributed by atoms with Crippen LogP contribution < -0.4 is 10.2 Å². The summed E-state index contributed by atoms with van der Waals surface area (Å²) in [7, 11) is 0. The predicted molar refractivity (Wildman–Crippen MR) is 92.6 cm³/mol. The molecule has 0 spiro atoms. The van der Waals surface area contributed by atoms with Crippen LogP contribution in [0.15, 0.2) is 28.9 Å². The van der Waals surface area contributed by atoms with Crippen LogP contribution in [0.1, 0.15) is 25.3 Å². The second-order valence-electron chi connectivity index (χ2n) is 5.90. The Morgan fingerprint density at radius 3 is 2.77 bits per heavy atom. The lowest BCUT2D eigenvalue weighted by Crippen LogP contribution is -2.33. The minimum atomic E-state index is 0.534. The molecule has 2 aromatic rings. The Hall–Kier alpha value is -1.69. The number of aryl methyl sites for hydroxylation is 1. The Kier molecular flexibility index (Phi) is 4.57. The molecule has 1 aliphatic rings. The molecule has 0 unspecified atom stereocenters. The van der Waals surface area contributed by atoms with Crippen LogP contribution in [-0.4, -0.2) is 28.3 Å². The van der Waals surface area contributed by atoms with E-state index < -0.39 is 0 Å². The van der Waals surface area contributed by atoms with E-state index in [-0.39, 0.29) is 0 Å².